The van der Waals surface area contributed by atoms with E-state index in [1.54, 1.807) is 23.5 Å². The van der Waals surface area contributed by atoms with Gasteiger partial charge in [0.2, 0.25) is 16.0 Å². The van der Waals surface area contributed by atoms with Crippen molar-refractivity contribution >= 4 is 70.2 Å². The minimum Gasteiger partial charge on any atom is -1.00 e. The molecular weight excluding hydrogens is 851 g/mol. The predicted molar refractivity (Wildman–Crippen MR) is 194 cm³/mol. The van der Waals surface area contributed by atoms with Gasteiger partial charge in [-0.15, -0.1) is 0 Å². The van der Waals surface area contributed by atoms with E-state index in [4.69, 9.17) is 4.55 Å². The van der Waals surface area contributed by atoms with Crippen LogP contribution in [0.1, 0.15) is 48.7 Å². The number of thiazole rings is 2. The summed E-state index contributed by atoms with van der Waals surface area (Å²) < 4.78 is 38.6. The van der Waals surface area contributed by atoms with E-state index in [0.29, 0.717) is 5.69 Å². The molecule has 3 heterocycles. The Kier molecular flexibility index (Phi) is 13.7. The highest BCUT2D eigenvalue weighted by Crippen LogP contribution is 2.35. The first-order chi connectivity index (χ1) is 22.7. The summed E-state index contributed by atoms with van der Waals surface area (Å²) in [5, 5.41) is 7.13. The average molecular weight is 890 g/mol. The lowest BCUT2D eigenvalue weighted by Crippen LogP contribution is -3.00. The molecule has 6 aromatic rings. The molecule has 256 valence electrons. The zero-order valence-corrected chi connectivity index (χ0v) is 33.6. The van der Waals surface area contributed by atoms with Crippen LogP contribution in [0.25, 0.3) is 26.0 Å². The van der Waals surface area contributed by atoms with Crippen molar-refractivity contribution < 1.29 is 63.1 Å². The molecule has 0 fully saturated rings. The summed E-state index contributed by atoms with van der Waals surface area (Å²) >= 11 is 3.70. The summed E-state index contributed by atoms with van der Waals surface area (Å²) in [5.41, 5.74) is 11.5. The molecule has 49 heavy (non-hydrogen) atoms. The summed E-state index contributed by atoms with van der Waals surface area (Å²) in [7, 11) is -4.18. The molecule has 2 aromatic heterocycles. The number of hydrogen-bond acceptors (Lipinski definition) is 6. The van der Waals surface area contributed by atoms with Crippen molar-refractivity contribution in [3.8, 4) is 0 Å². The average Bonchev–Trinajstić information content (AvgIpc) is 3.61. The Morgan fingerprint density at radius 1 is 0.857 bits per heavy atom. The van der Waals surface area contributed by atoms with Crippen LogP contribution >= 0.6 is 22.7 Å². The number of nitrogens with one attached hydrogen (secondary N) is 1. The van der Waals surface area contributed by atoms with Gasteiger partial charge in [-0.2, -0.15) is 22.7 Å². The third-order valence-corrected chi connectivity index (χ3v) is 11.5. The number of halogens is 2. The molecule has 0 bridgehead atoms. The minimum absolute atomic E-state index is 0. The van der Waals surface area contributed by atoms with E-state index in [9.17, 15) is 8.42 Å². The molecule has 0 saturated heterocycles. The van der Waals surface area contributed by atoms with E-state index in [1.807, 2.05) is 11.3 Å². The van der Waals surface area contributed by atoms with Gasteiger partial charge >= 0.3 is 0 Å². The first-order valence-corrected chi connectivity index (χ1v) is 18.7. The first kappa shape index (κ1) is 38.8. The van der Waals surface area contributed by atoms with Crippen LogP contribution in [0.15, 0.2) is 119 Å². The Balaban J connectivity index is 0.000000220. The maximum Gasteiger partial charge on any atom is 0.294 e. The van der Waals surface area contributed by atoms with E-state index in [0.717, 1.165) is 38.1 Å². The number of benzene rings is 4. The second-order valence-corrected chi connectivity index (χ2v) is 15.1. The number of fused-ring (bicyclic) bond motifs is 4. The fourth-order valence-corrected chi connectivity index (χ4v) is 8.69. The van der Waals surface area contributed by atoms with Crippen molar-refractivity contribution in [2.24, 2.45) is 5.10 Å². The molecule has 12 heteroatoms. The fourth-order valence-electron chi connectivity index (χ4n) is 5.83. The molecule has 0 spiro atoms. The predicted octanol–water partition coefficient (Wildman–Crippen LogP) is 2.43. The zero-order chi connectivity index (χ0) is 33.0. The van der Waals surface area contributed by atoms with E-state index in [1.165, 1.54) is 59.3 Å². The second-order valence-electron chi connectivity index (χ2n) is 11.4. The molecule has 0 atom stereocenters. The fraction of sp³-hybridized carbons (Fsp3) is 0.216. The molecule has 1 aliphatic heterocycles. The largest absolute Gasteiger partial charge is 1.00 e. The van der Waals surface area contributed by atoms with Crippen molar-refractivity contribution in [1.82, 2.24) is 0 Å². The Morgan fingerprint density at radius 2 is 1.47 bits per heavy atom. The lowest BCUT2D eigenvalue weighted by molar-refractivity contribution is -0.671. The summed E-state index contributed by atoms with van der Waals surface area (Å²) in [4.78, 5) is -0.135. The van der Waals surface area contributed by atoms with E-state index in [-0.39, 0.29) is 45.9 Å². The van der Waals surface area contributed by atoms with Gasteiger partial charge in [0, 0.05) is 37.6 Å². The zero-order valence-electron chi connectivity index (χ0n) is 27.4. The number of allylic oxidation sites excluding steroid dienone is 1. The number of aromatic nitrogens is 2. The summed E-state index contributed by atoms with van der Waals surface area (Å²) in [6, 6.07) is 33.7. The topological polar surface area (TPSA) is 86.5 Å². The Bertz CT molecular complexity index is 2210. The molecule has 0 aliphatic carbocycles. The second kappa shape index (κ2) is 17.3. The van der Waals surface area contributed by atoms with Crippen molar-refractivity contribution in [3.05, 3.63) is 124 Å². The van der Waals surface area contributed by atoms with Crippen LogP contribution < -0.4 is 55.5 Å². The molecule has 0 radical (unpaired) electrons. The molecule has 0 unspecified atom stereocenters. The first-order valence-electron chi connectivity index (χ1n) is 15.7. The molecular formula is C37H38BrIN4O3S3. The molecule has 0 amide bonds. The number of rotatable bonds is 8. The number of aryl methyl sites for hydroxylation is 3. The van der Waals surface area contributed by atoms with Gasteiger partial charge in [0.15, 0.2) is 13.1 Å². The highest BCUT2D eigenvalue weighted by Gasteiger charge is 2.29. The van der Waals surface area contributed by atoms with Gasteiger partial charge in [0.1, 0.15) is 9.40 Å². The van der Waals surface area contributed by atoms with Gasteiger partial charge in [-0.1, -0.05) is 89.8 Å². The molecule has 2 N–H and O–H groups in total. The van der Waals surface area contributed by atoms with Crippen LogP contribution in [0.3, 0.4) is 0 Å². The summed E-state index contributed by atoms with van der Waals surface area (Å²) in [6.07, 6.45) is 2.78. The molecule has 4 aromatic carbocycles. The molecule has 0 saturated carbocycles. The highest BCUT2D eigenvalue weighted by atomic mass is 127. The van der Waals surface area contributed by atoms with E-state index >= 15 is 0 Å². The molecule has 7 nitrogen and oxygen atoms in total. The number of para-hydroxylation sites is 2. The van der Waals surface area contributed by atoms with Crippen molar-refractivity contribution in [2.45, 2.75) is 58.0 Å². The van der Waals surface area contributed by atoms with Crippen LogP contribution in [0.5, 0.6) is 0 Å². The summed E-state index contributed by atoms with van der Waals surface area (Å²) in [6.45, 7) is 8.41. The number of anilines is 1. The summed E-state index contributed by atoms with van der Waals surface area (Å²) in [5.74, 6) is 0. The van der Waals surface area contributed by atoms with Gasteiger partial charge in [-0.05, 0) is 55.3 Å². The number of hydrazone groups is 1. The van der Waals surface area contributed by atoms with E-state index in [2.05, 4.69) is 119 Å². The third-order valence-electron chi connectivity index (χ3n) is 8.34. The lowest BCUT2D eigenvalue weighted by atomic mass is 9.97. The lowest BCUT2D eigenvalue weighted by Gasteiger charge is -2.13. The Labute approximate surface area is 323 Å². The minimum atomic E-state index is -4.18. The normalized spacial score (nSPS) is 12.9. The van der Waals surface area contributed by atoms with Crippen molar-refractivity contribution in [2.75, 3.05) is 5.43 Å². The van der Waals surface area contributed by atoms with Gasteiger partial charge in [-0.25, -0.2) is 0 Å². The van der Waals surface area contributed by atoms with Gasteiger partial charge < -0.3 is 41.0 Å². The molecule has 7 rings (SSSR count). The van der Waals surface area contributed by atoms with Crippen molar-refractivity contribution in [1.29, 1.82) is 0 Å². The quantitative estimate of drug-likeness (QED) is 0.0810. The van der Waals surface area contributed by atoms with Crippen LogP contribution in [-0.2, 0) is 23.2 Å². The maximum absolute atomic E-state index is 11.1. The van der Waals surface area contributed by atoms with Crippen LogP contribution in [-0.4, -0.2) is 18.7 Å². The number of nitrogens with zero attached hydrogens (tertiary/aromatic N) is 3. The van der Waals surface area contributed by atoms with Crippen LogP contribution in [0.2, 0.25) is 0 Å². The standard InChI is InChI=1S/C19H21N3O3S2.C18H16NS.BrH.HI/c1-3-15(20-21-16-8-10-17(11-9-16)27(23,24)25)12-13-22-14(2)26-19-7-5-4-6-18(19)22;1-13-11-12-19-15-9-5-6-10-16(15)20-18(19)17(13)14-7-3-2-4-8-14;;/h4-11,21H,3,12-13H2,1-2H3;2-10H,11-12H2,1H3;2*1H/q;+1;;/p-1/b20-15-;;;. The molecule has 1 aliphatic rings. The van der Waals surface area contributed by atoms with Crippen molar-refractivity contribution in [3.63, 3.8) is 0 Å². The van der Waals surface area contributed by atoms with Gasteiger partial charge in [0.25, 0.3) is 15.1 Å². The maximum atomic E-state index is 11.1. The van der Waals surface area contributed by atoms with Crippen LogP contribution in [0.4, 0.5) is 5.69 Å². The smallest absolute Gasteiger partial charge is 0.294 e. The Hall–Kier alpha value is -3.01. The Morgan fingerprint density at radius 3 is 2.12 bits per heavy atom. The van der Waals surface area contributed by atoms with Gasteiger partial charge in [-0.3, -0.25) is 9.98 Å². The SMILES string of the molecule is CC/C(CC[n+]1c(C)sc2ccccc21)=N/Nc1ccc(S(=O)(=O)O)cc1.CC1=C(c2ccccc2)c2sc3ccccc3[n+]2CC1.[Br-].[I-]. The van der Waals surface area contributed by atoms with E-state index < -0.39 is 10.1 Å². The third kappa shape index (κ3) is 9.02. The van der Waals surface area contributed by atoms with Gasteiger partial charge in [0.05, 0.1) is 16.2 Å². The highest BCUT2D eigenvalue weighted by molar-refractivity contribution is 7.85. The monoisotopic (exact) mass is 888 g/mol. The number of hydrogen-bond donors (Lipinski definition) is 2. The van der Waals surface area contributed by atoms with Crippen LogP contribution in [0, 0.1) is 6.92 Å².